The third-order valence-corrected chi connectivity index (χ3v) is 6.06. The fourth-order valence-electron chi connectivity index (χ4n) is 4.75. The molecule has 2 aliphatic rings. The van der Waals surface area contributed by atoms with Gasteiger partial charge in [0.15, 0.2) is 0 Å². The van der Waals surface area contributed by atoms with Crippen molar-refractivity contribution >= 4 is 5.91 Å². The normalized spacial score (nSPS) is 25.2. The highest BCUT2D eigenvalue weighted by Gasteiger charge is 2.45. The molecule has 1 saturated heterocycles. The van der Waals surface area contributed by atoms with Gasteiger partial charge in [-0.3, -0.25) is 4.79 Å². The smallest absolute Gasteiger partial charge is 0.219 e. The van der Waals surface area contributed by atoms with Crippen LogP contribution < -0.4 is 0 Å². The maximum Gasteiger partial charge on any atom is 0.219 e. The van der Waals surface area contributed by atoms with Crippen molar-refractivity contribution in [1.29, 1.82) is 0 Å². The quantitative estimate of drug-likeness (QED) is 0.813. The number of nitrogens with zero attached hydrogens (tertiary/aromatic N) is 1. The van der Waals surface area contributed by atoms with E-state index >= 15 is 0 Å². The van der Waals surface area contributed by atoms with Gasteiger partial charge in [-0.2, -0.15) is 0 Å². The summed E-state index contributed by atoms with van der Waals surface area (Å²) in [5.74, 6) is 0.216. The van der Waals surface area contributed by atoms with Crippen LogP contribution in [0, 0.1) is 5.41 Å². The van der Waals surface area contributed by atoms with Gasteiger partial charge in [-0.25, -0.2) is 0 Å². The Morgan fingerprint density at radius 3 is 2.67 bits per heavy atom. The second kappa shape index (κ2) is 6.08. The van der Waals surface area contributed by atoms with Gasteiger partial charge in [0.2, 0.25) is 5.91 Å². The number of piperidine rings is 1. The molecule has 1 heterocycles. The number of hydrogen-bond donors (Lipinski definition) is 0. The number of carbonyl (C=O) groups excluding carboxylic acids is 1. The average molecular weight is 319 g/mol. The van der Waals surface area contributed by atoms with Gasteiger partial charge < -0.3 is 4.90 Å². The van der Waals surface area contributed by atoms with Crippen molar-refractivity contribution in [2.24, 2.45) is 5.41 Å². The molecule has 2 heteroatoms. The molecule has 2 aromatic carbocycles. The van der Waals surface area contributed by atoms with E-state index < -0.39 is 0 Å². The summed E-state index contributed by atoms with van der Waals surface area (Å²) in [4.78, 5) is 14.2. The lowest BCUT2D eigenvalue weighted by Gasteiger charge is -2.51. The van der Waals surface area contributed by atoms with Gasteiger partial charge in [-0.1, -0.05) is 54.6 Å². The van der Waals surface area contributed by atoms with Crippen molar-refractivity contribution in [1.82, 2.24) is 4.90 Å². The fourth-order valence-corrected chi connectivity index (χ4v) is 4.75. The number of likely N-dealkylation sites (tertiary alicyclic amines) is 1. The van der Waals surface area contributed by atoms with Gasteiger partial charge in [0.05, 0.1) is 6.04 Å². The van der Waals surface area contributed by atoms with E-state index in [-0.39, 0.29) is 11.9 Å². The number of amides is 1. The zero-order chi connectivity index (χ0) is 16.6. The summed E-state index contributed by atoms with van der Waals surface area (Å²) < 4.78 is 0. The number of carbonyl (C=O) groups is 1. The van der Waals surface area contributed by atoms with Crippen LogP contribution in [0.2, 0.25) is 0 Å². The molecule has 124 valence electrons. The first-order chi connectivity index (χ1) is 11.7. The molecule has 1 aliphatic carbocycles. The van der Waals surface area contributed by atoms with E-state index in [4.69, 9.17) is 0 Å². The Kier molecular flexibility index (Phi) is 3.91. The second-order valence-corrected chi connectivity index (χ2v) is 7.54. The number of fused-ring (bicyclic) bond motifs is 4. The molecule has 0 aromatic heterocycles. The lowest BCUT2D eigenvalue weighted by Crippen LogP contribution is -2.48. The maximum absolute atomic E-state index is 12.1. The van der Waals surface area contributed by atoms with Crippen molar-refractivity contribution in [3.63, 3.8) is 0 Å². The van der Waals surface area contributed by atoms with Crippen molar-refractivity contribution in [2.45, 2.75) is 45.1 Å². The second-order valence-electron chi connectivity index (χ2n) is 7.54. The lowest BCUT2D eigenvalue weighted by atomic mass is 9.62. The van der Waals surface area contributed by atoms with Crippen molar-refractivity contribution in [3.05, 3.63) is 71.3 Å². The monoisotopic (exact) mass is 319 g/mol. The molecule has 2 aromatic rings. The molecule has 1 amide bonds. The van der Waals surface area contributed by atoms with Crippen LogP contribution in [-0.2, 0) is 17.6 Å². The number of benzene rings is 2. The van der Waals surface area contributed by atoms with E-state index in [1.54, 1.807) is 6.92 Å². The zero-order valence-electron chi connectivity index (χ0n) is 14.4. The summed E-state index contributed by atoms with van der Waals surface area (Å²) in [5, 5.41) is 0. The van der Waals surface area contributed by atoms with Crippen LogP contribution in [0.15, 0.2) is 54.6 Å². The molecule has 2 nitrogen and oxygen atoms in total. The SMILES string of the molecule is CC(=O)N1CCC2(CCc3ccccc3)Cc3ccccc3C1C2. The minimum atomic E-state index is 0.216. The Bertz CT molecular complexity index is 739. The molecule has 24 heavy (non-hydrogen) atoms. The maximum atomic E-state index is 12.1. The summed E-state index contributed by atoms with van der Waals surface area (Å²) >= 11 is 0. The van der Waals surface area contributed by atoms with Gasteiger partial charge in [-0.05, 0) is 54.2 Å². The summed E-state index contributed by atoms with van der Waals surface area (Å²) in [6.07, 6.45) is 5.77. The zero-order valence-corrected chi connectivity index (χ0v) is 14.4. The van der Waals surface area contributed by atoms with Crippen molar-refractivity contribution in [2.75, 3.05) is 6.54 Å². The van der Waals surface area contributed by atoms with Gasteiger partial charge >= 0.3 is 0 Å². The molecule has 4 rings (SSSR count). The van der Waals surface area contributed by atoms with Crippen LogP contribution in [0.3, 0.4) is 0 Å². The van der Waals surface area contributed by atoms with Crippen molar-refractivity contribution in [3.8, 4) is 0 Å². The molecular formula is C22H25NO. The van der Waals surface area contributed by atoms with E-state index in [0.29, 0.717) is 5.41 Å². The molecule has 2 bridgehead atoms. The topological polar surface area (TPSA) is 20.3 Å². The average Bonchev–Trinajstić information content (AvgIpc) is 2.61. The van der Waals surface area contributed by atoms with E-state index in [1.807, 2.05) is 0 Å². The van der Waals surface area contributed by atoms with Crippen LogP contribution in [-0.4, -0.2) is 17.4 Å². The van der Waals surface area contributed by atoms with E-state index in [9.17, 15) is 4.79 Å². The Hall–Kier alpha value is -2.09. The van der Waals surface area contributed by atoms with Gasteiger partial charge in [0.1, 0.15) is 0 Å². The summed E-state index contributed by atoms with van der Waals surface area (Å²) in [5.41, 5.74) is 4.60. The molecular weight excluding hydrogens is 294 g/mol. The molecule has 0 spiro atoms. The van der Waals surface area contributed by atoms with E-state index in [1.165, 1.54) is 23.1 Å². The molecule has 1 aliphatic heterocycles. The first-order valence-corrected chi connectivity index (χ1v) is 9.06. The third-order valence-electron chi connectivity index (χ3n) is 6.06. The first kappa shape index (κ1) is 15.4. The molecule has 2 unspecified atom stereocenters. The molecule has 0 radical (unpaired) electrons. The predicted molar refractivity (Wildman–Crippen MR) is 96.7 cm³/mol. The van der Waals surface area contributed by atoms with Gasteiger partial charge in [-0.15, -0.1) is 0 Å². The first-order valence-electron chi connectivity index (χ1n) is 9.06. The highest BCUT2D eigenvalue weighted by atomic mass is 16.2. The van der Waals surface area contributed by atoms with Crippen LogP contribution in [0.1, 0.15) is 48.9 Å². The van der Waals surface area contributed by atoms with Crippen LogP contribution in [0.25, 0.3) is 0 Å². The van der Waals surface area contributed by atoms with Gasteiger partial charge in [0, 0.05) is 13.5 Å². The minimum Gasteiger partial charge on any atom is -0.336 e. The summed E-state index contributed by atoms with van der Waals surface area (Å²) in [6.45, 7) is 2.62. The van der Waals surface area contributed by atoms with Crippen LogP contribution in [0.5, 0.6) is 0 Å². The lowest BCUT2D eigenvalue weighted by molar-refractivity contribution is -0.135. The Morgan fingerprint density at radius 2 is 1.88 bits per heavy atom. The highest BCUT2D eigenvalue weighted by molar-refractivity contribution is 5.74. The molecule has 1 fully saturated rings. The third kappa shape index (κ3) is 2.75. The minimum absolute atomic E-state index is 0.216. The van der Waals surface area contributed by atoms with Gasteiger partial charge in [0.25, 0.3) is 0 Å². The number of hydrogen-bond acceptors (Lipinski definition) is 1. The Morgan fingerprint density at radius 1 is 1.12 bits per heavy atom. The van der Waals surface area contributed by atoms with Crippen molar-refractivity contribution < 1.29 is 4.79 Å². The molecule has 2 atom stereocenters. The molecule has 0 N–H and O–H groups in total. The van der Waals surface area contributed by atoms with E-state index in [2.05, 4.69) is 59.5 Å². The largest absolute Gasteiger partial charge is 0.336 e. The highest BCUT2D eigenvalue weighted by Crippen LogP contribution is 2.51. The summed E-state index contributed by atoms with van der Waals surface area (Å²) in [7, 11) is 0. The standard InChI is InChI=1S/C22H25NO/c1-17(24)23-14-13-22(12-11-18-7-3-2-4-8-18)15-19-9-5-6-10-20(19)21(23)16-22/h2-10,21H,11-16H2,1H3. The number of rotatable bonds is 3. The summed E-state index contributed by atoms with van der Waals surface area (Å²) in [6, 6.07) is 19.8. The Balaban J connectivity index is 1.62. The van der Waals surface area contributed by atoms with Crippen LogP contribution >= 0.6 is 0 Å². The fraction of sp³-hybridized carbons (Fsp3) is 0.409. The van der Waals surface area contributed by atoms with E-state index in [0.717, 1.165) is 32.2 Å². The molecule has 0 saturated carbocycles. The number of aryl methyl sites for hydroxylation is 1. The van der Waals surface area contributed by atoms with Crippen LogP contribution in [0.4, 0.5) is 0 Å². The predicted octanol–water partition coefficient (Wildman–Crippen LogP) is 4.55. The Labute approximate surface area is 144 Å².